The van der Waals surface area contributed by atoms with Crippen molar-refractivity contribution in [2.75, 3.05) is 80.5 Å². The SMILES string of the molecule is CCN(C)CCCN(C)C/C=C\CN(C)CCCN(C)CC. The van der Waals surface area contributed by atoms with Gasteiger partial charge in [0, 0.05) is 13.1 Å². The van der Waals surface area contributed by atoms with Gasteiger partial charge in [0.25, 0.3) is 0 Å². The molecule has 0 radical (unpaired) electrons. The molecule has 0 aromatic carbocycles. The van der Waals surface area contributed by atoms with E-state index in [2.05, 4.69) is 73.8 Å². The van der Waals surface area contributed by atoms with Crippen LogP contribution >= 0.6 is 0 Å². The summed E-state index contributed by atoms with van der Waals surface area (Å²) in [6.07, 6.45) is 7.11. The molecule has 4 nitrogen and oxygen atoms in total. The molecular weight excluding hydrogens is 272 g/mol. The van der Waals surface area contributed by atoms with Gasteiger partial charge in [0.2, 0.25) is 0 Å². The van der Waals surface area contributed by atoms with Gasteiger partial charge < -0.3 is 19.6 Å². The Morgan fingerprint density at radius 2 is 0.864 bits per heavy atom. The van der Waals surface area contributed by atoms with Crippen molar-refractivity contribution in [3.8, 4) is 0 Å². The second-order valence-electron chi connectivity index (χ2n) is 6.49. The van der Waals surface area contributed by atoms with Crippen LogP contribution in [0, 0.1) is 0 Å². The first-order valence-corrected chi connectivity index (χ1v) is 8.88. The molecule has 4 heteroatoms. The molecule has 0 atom stereocenters. The van der Waals surface area contributed by atoms with Crippen molar-refractivity contribution >= 4 is 0 Å². The van der Waals surface area contributed by atoms with Crippen LogP contribution in [0.1, 0.15) is 26.7 Å². The van der Waals surface area contributed by atoms with Crippen LogP contribution in [0.25, 0.3) is 0 Å². The third kappa shape index (κ3) is 13.3. The fourth-order valence-corrected chi connectivity index (χ4v) is 2.23. The van der Waals surface area contributed by atoms with Crippen LogP contribution in [-0.2, 0) is 0 Å². The highest BCUT2D eigenvalue weighted by molar-refractivity contribution is 4.86. The van der Waals surface area contributed by atoms with E-state index >= 15 is 0 Å². The van der Waals surface area contributed by atoms with Crippen LogP contribution in [0.3, 0.4) is 0 Å². The molecule has 22 heavy (non-hydrogen) atoms. The second-order valence-corrected chi connectivity index (χ2v) is 6.49. The van der Waals surface area contributed by atoms with E-state index in [9.17, 15) is 0 Å². The van der Waals surface area contributed by atoms with Crippen molar-refractivity contribution in [2.45, 2.75) is 26.7 Å². The maximum absolute atomic E-state index is 2.40. The standard InChI is InChI=1S/C18H40N4/c1-7-19(3)15-11-17-21(5)13-9-10-14-22(6)18-12-16-20(4)8-2/h9-10H,7-8,11-18H2,1-6H3/b10-9-. The molecule has 0 fully saturated rings. The Kier molecular flexibility index (Phi) is 13.9. The van der Waals surface area contributed by atoms with Crippen molar-refractivity contribution in [3.63, 3.8) is 0 Å². The molecule has 0 aliphatic carbocycles. The van der Waals surface area contributed by atoms with Gasteiger partial charge in [-0.25, -0.2) is 0 Å². The lowest BCUT2D eigenvalue weighted by atomic mass is 10.3. The summed E-state index contributed by atoms with van der Waals surface area (Å²) < 4.78 is 0. The molecule has 132 valence electrons. The maximum Gasteiger partial charge on any atom is 0.0160 e. The molecule has 0 aromatic heterocycles. The molecular formula is C18H40N4. The van der Waals surface area contributed by atoms with Gasteiger partial charge in [0.05, 0.1) is 0 Å². The molecule has 0 saturated carbocycles. The summed E-state index contributed by atoms with van der Waals surface area (Å²) in [5.74, 6) is 0. The minimum atomic E-state index is 1.06. The normalized spacial score (nSPS) is 12.6. The first kappa shape index (κ1) is 21.6. The third-order valence-electron chi connectivity index (χ3n) is 4.24. The maximum atomic E-state index is 2.40. The third-order valence-corrected chi connectivity index (χ3v) is 4.24. The lowest BCUT2D eigenvalue weighted by molar-refractivity contribution is 0.296. The average Bonchev–Trinajstić information content (AvgIpc) is 2.51. The van der Waals surface area contributed by atoms with E-state index in [0.29, 0.717) is 0 Å². The minimum absolute atomic E-state index is 1.06. The molecule has 0 heterocycles. The Bertz CT molecular complexity index is 242. The van der Waals surface area contributed by atoms with E-state index in [1.54, 1.807) is 0 Å². The van der Waals surface area contributed by atoms with Gasteiger partial charge in [-0.15, -0.1) is 0 Å². The Morgan fingerprint density at radius 3 is 1.18 bits per heavy atom. The van der Waals surface area contributed by atoms with Crippen molar-refractivity contribution in [3.05, 3.63) is 12.2 Å². The van der Waals surface area contributed by atoms with Gasteiger partial charge >= 0.3 is 0 Å². The highest BCUT2D eigenvalue weighted by Gasteiger charge is 1.99. The van der Waals surface area contributed by atoms with Crippen LogP contribution in [0.2, 0.25) is 0 Å². The predicted octanol–water partition coefficient (Wildman–Crippen LogP) is 2.09. The summed E-state index contributed by atoms with van der Waals surface area (Å²) in [7, 11) is 8.79. The van der Waals surface area contributed by atoms with Crippen molar-refractivity contribution in [2.24, 2.45) is 0 Å². The van der Waals surface area contributed by atoms with Gasteiger partial charge in [-0.1, -0.05) is 26.0 Å². The molecule has 0 saturated heterocycles. The van der Waals surface area contributed by atoms with Gasteiger partial charge in [0.1, 0.15) is 0 Å². The Hall–Kier alpha value is -0.420. The summed E-state index contributed by atoms with van der Waals surface area (Å²) in [4.78, 5) is 9.54. The van der Waals surface area contributed by atoms with E-state index in [1.807, 2.05) is 0 Å². The van der Waals surface area contributed by atoms with Crippen LogP contribution in [0.15, 0.2) is 12.2 Å². The zero-order valence-electron chi connectivity index (χ0n) is 16.0. The quantitative estimate of drug-likeness (QED) is 0.455. The first-order valence-electron chi connectivity index (χ1n) is 8.88. The fraction of sp³-hybridized carbons (Fsp3) is 0.889. The minimum Gasteiger partial charge on any atom is -0.307 e. The number of hydrogen-bond acceptors (Lipinski definition) is 4. The van der Waals surface area contributed by atoms with Gasteiger partial charge in [-0.3, -0.25) is 0 Å². The van der Waals surface area contributed by atoms with Gasteiger partial charge in [-0.2, -0.15) is 0 Å². The largest absolute Gasteiger partial charge is 0.307 e. The molecule has 0 spiro atoms. The number of hydrogen-bond donors (Lipinski definition) is 0. The molecule has 0 bridgehead atoms. The van der Waals surface area contributed by atoms with Crippen LogP contribution < -0.4 is 0 Å². The molecule has 0 N–H and O–H groups in total. The highest BCUT2D eigenvalue weighted by atomic mass is 15.1. The van der Waals surface area contributed by atoms with Gasteiger partial charge in [-0.05, 0) is 80.3 Å². The van der Waals surface area contributed by atoms with E-state index < -0.39 is 0 Å². The molecule has 0 amide bonds. The van der Waals surface area contributed by atoms with E-state index in [1.165, 1.54) is 39.0 Å². The number of likely N-dealkylation sites (N-methyl/N-ethyl adjacent to an activating group) is 2. The lowest BCUT2D eigenvalue weighted by Crippen LogP contribution is -2.26. The molecule has 0 unspecified atom stereocenters. The number of rotatable bonds is 14. The van der Waals surface area contributed by atoms with Crippen molar-refractivity contribution < 1.29 is 0 Å². The summed E-state index contributed by atoms with van der Waals surface area (Å²) >= 11 is 0. The van der Waals surface area contributed by atoms with E-state index in [0.717, 1.165) is 26.2 Å². The summed E-state index contributed by atoms with van der Waals surface area (Å²) in [5.41, 5.74) is 0. The Morgan fingerprint density at radius 1 is 0.545 bits per heavy atom. The monoisotopic (exact) mass is 312 g/mol. The summed E-state index contributed by atoms with van der Waals surface area (Å²) in [6.45, 7) is 13.6. The zero-order chi connectivity index (χ0) is 16.8. The van der Waals surface area contributed by atoms with Crippen LogP contribution in [-0.4, -0.2) is 100 Å². The number of nitrogens with zero attached hydrogens (tertiary/aromatic N) is 4. The fourth-order valence-electron chi connectivity index (χ4n) is 2.23. The Balaban J connectivity index is 3.58. The first-order chi connectivity index (χ1) is 10.5. The smallest absolute Gasteiger partial charge is 0.0160 e. The van der Waals surface area contributed by atoms with Crippen LogP contribution in [0.5, 0.6) is 0 Å². The van der Waals surface area contributed by atoms with Gasteiger partial charge in [0.15, 0.2) is 0 Å². The summed E-state index contributed by atoms with van der Waals surface area (Å²) in [6, 6.07) is 0. The second kappa shape index (κ2) is 14.2. The van der Waals surface area contributed by atoms with E-state index in [-0.39, 0.29) is 0 Å². The summed E-state index contributed by atoms with van der Waals surface area (Å²) in [5, 5.41) is 0. The lowest BCUT2D eigenvalue weighted by Gasteiger charge is -2.19. The Labute approximate surface area is 139 Å². The zero-order valence-corrected chi connectivity index (χ0v) is 16.0. The average molecular weight is 313 g/mol. The molecule has 0 rings (SSSR count). The molecule has 0 aliphatic rings. The molecule has 0 aromatic rings. The topological polar surface area (TPSA) is 13.0 Å². The predicted molar refractivity (Wildman–Crippen MR) is 99.7 cm³/mol. The highest BCUT2D eigenvalue weighted by Crippen LogP contribution is 1.94. The molecule has 0 aliphatic heterocycles. The van der Waals surface area contributed by atoms with Crippen molar-refractivity contribution in [1.29, 1.82) is 0 Å². The van der Waals surface area contributed by atoms with Crippen LogP contribution in [0.4, 0.5) is 0 Å². The van der Waals surface area contributed by atoms with E-state index in [4.69, 9.17) is 0 Å². The van der Waals surface area contributed by atoms with Crippen molar-refractivity contribution in [1.82, 2.24) is 19.6 Å².